The Morgan fingerprint density at radius 3 is 2.00 bits per heavy atom. The lowest BCUT2D eigenvalue weighted by Crippen LogP contribution is -2.60. The minimum absolute atomic E-state index is 0.202. The van der Waals surface area contributed by atoms with Crippen LogP contribution in [-0.4, -0.2) is 92.3 Å². The van der Waals surface area contributed by atoms with E-state index in [4.69, 9.17) is 34.2 Å². The molecule has 0 spiro atoms. The zero-order valence-corrected chi connectivity index (χ0v) is 23.1. The number of nitrogens with one attached hydrogen (secondary N) is 2. The van der Waals surface area contributed by atoms with E-state index in [1.54, 1.807) is 20.8 Å². The van der Waals surface area contributed by atoms with Crippen molar-refractivity contribution in [2.24, 2.45) is 11.7 Å². The van der Waals surface area contributed by atoms with E-state index in [-0.39, 0.29) is 13.1 Å². The average molecular weight is 562 g/mol. The molecule has 4 N–H and O–H groups in total. The topological polar surface area (TPSA) is 208 Å². The summed E-state index contributed by atoms with van der Waals surface area (Å²) in [4.78, 5) is 70.8. The SMILES string of the molecule is CC(=O)OC[C@H]1O[C@@H](OCC(=O)NCCCNC(=O)OC(C)(C)C)[C@H](CC(N)=O)[C@@H](OC(C)=O)[C@H]1OC(C)=O. The van der Waals surface area contributed by atoms with E-state index in [1.165, 1.54) is 0 Å². The highest BCUT2D eigenvalue weighted by Gasteiger charge is 2.51. The maximum Gasteiger partial charge on any atom is 0.407 e. The van der Waals surface area contributed by atoms with Crippen molar-refractivity contribution in [3.8, 4) is 0 Å². The van der Waals surface area contributed by atoms with Gasteiger partial charge in [0.15, 0.2) is 12.4 Å². The van der Waals surface area contributed by atoms with E-state index in [0.29, 0.717) is 6.42 Å². The Kier molecular flexibility index (Phi) is 13.6. The molecule has 0 radical (unpaired) electrons. The van der Waals surface area contributed by atoms with Gasteiger partial charge in [-0.3, -0.25) is 24.0 Å². The number of hydrogen-bond donors (Lipinski definition) is 3. The second-order valence-electron chi connectivity index (χ2n) is 9.77. The van der Waals surface area contributed by atoms with E-state index in [1.807, 2.05) is 0 Å². The van der Waals surface area contributed by atoms with Gasteiger partial charge in [0.2, 0.25) is 11.8 Å². The van der Waals surface area contributed by atoms with E-state index in [2.05, 4.69) is 10.6 Å². The summed E-state index contributed by atoms with van der Waals surface area (Å²) in [5, 5.41) is 5.16. The number of ether oxygens (including phenoxy) is 6. The first-order valence-electron chi connectivity index (χ1n) is 12.4. The number of carbonyl (C=O) groups excluding carboxylic acids is 6. The van der Waals surface area contributed by atoms with Crippen molar-refractivity contribution in [2.45, 2.75) is 84.6 Å². The lowest BCUT2D eigenvalue weighted by atomic mass is 9.87. The van der Waals surface area contributed by atoms with Crippen LogP contribution >= 0.6 is 0 Å². The molecule has 0 aromatic carbocycles. The van der Waals surface area contributed by atoms with Gasteiger partial charge < -0.3 is 44.8 Å². The molecule has 0 unspecified atom stereocenters. The van der Waals surface area contributed by atoms with Crippen molar-refractivity contribution in [3.05, 3.63) is 0 Å². The maximum absolute atomic E-state index is 12.3. The van der Waals surface area contributed by atoms with E-state index >= 15 is 0 Å². The third-order valence-electron chi connectivity index (χ3n) is 4.99. The van der Waals surface area contributed by atoms with Crippen LogP contribution < -0.4 is 16.4 Å². The first-order chi connectivity index (χ1) is 18.1. The Labute approximate surface area is 226 Å². The van der Waals surface area contributed by atoms with Crippen LogP contribution in [0.15, 0.2) is 0 Å². The fourth-order valence-corrected chi connectivity index (χ4v) is 3.61. The number of alkyl carbamates (subject to hydrolysis) is 1. The number of primary amides is 1. The molecule has 1 aliphatic rings. The molecule has 3 amide bonds. The molecular weight excluding hydrogens is 522 g/mol. The predicted octanol–water partition coefficient (Wildman–Crippen LogP) is -0.323. The summed E-state index contributed by atoms with van der Waals surface area (Å²) < 4.78 is 32.2. The van der Waals surface area contributed by atoms with Crippen LogP contribution in [0.5, 0.6) is 0 Å². The molecule has 15 heteroatoms. The van der Waals surface area contributed by atoms with Gasteiger partial charge in [0.25, 0.3) is 0 Å². The lowest BCUT2D eigenvalue weighted by Gasteiger charge is -2.44. The number of esters is 3. The van der Waals surface area contributed by atoms with Gasteiger partial charge >= 0.3 is 24.0 Å². The maximum atomic E-state index is 12.3. The van der Waals surface area contributed by atoms with Crippen molar-refractivity contribution in [1.29, 1.82) is 0 Å². The van der Waals surface area contributed by atoms with Crippen molar-refractivity contribution in [2.75, 3.05) is 26.3 Å². The normalized spacial score (nSPS) is 22.7. The smallest absolute Gasteiger partial charge is 0.407 e. The van der Waals surface area contributed by atoms with Gasteiger partial charge in [-0.15, -0.1) is 0 Å². The molecule has 0 aromatic rings. The molecule has 222 valence electrons. The molecule has 39 heavy (non-hydrogen) atoms. The van der Waals surface area contributed by atoms with Crippen LogP contribution in [0.1, 0.15) is 54.4 Å². The number of rotatable bonds is 13. The molecule has 15 nitrogen and oxygen atoms in total. The van der Waals surface area contributed by atoms with Gasteiger partial charge in [-0.2, -0.15) is 0 Å². The highest BCUT2D eigenvalue weighted by Crippen LogP contribution is 2.34. The van der Waals surface area contributed by atoms with E-state index in [0.717, 1.165) is 20.8 Å². The number of nitrogens with two attached hydrogens (primary N) is 1. The van der Waals surface area contributed by atoms with Crippen LogP contribution in [0.25, 0.3) is 0 Å². The van der Waals surface area contributed by atoms with Crippen LogP contribution in [-0.2, 0) is 52.4 Å². The highest BCUT2D eigenvalue weighted by molar-refractivity contribution is 5.77. The van der Waals surface area contributed by atoms with Crippen molar-refractivity contribution in [3.63, 3.8) is 0 Å². The fraction of sp³-hybridized carbons (Fsp3) is 0.750. The minimum Gasteiger partial charge on any atom is -0.463 e. The van der Waals surface area contributed by atoms with Crippen molar-refractivity contribution < 1.29 is 57.2 Å². The summed E-state index contributed by atoms with van der Waals surface area (Å²) in [5.41, 5.74) is 4.75. The molecule has 0 saturated carbocycles. The third kappa shape index (κ3) is 13.8. The standard InChI is InChI=1S/C24H39N3O12/c1-13(28)34-11-17-21(37-15(3)30)20(36-14(2)29)16(10-18(25)31)22(38-17)35-12-19(32)26-8-7-9-27-23(33)39-24(4,5)6/h16-17,20-22H,7-12H2,1-6H3,(H2,25,31)(H,26,32)(H,27,33)/t16-,17-,20-,21+,22-/m1/s1. The summed E-state index contributed by atoms with van der Waals surface area (Å²) in [6.07, 6.45) is -5.59. The first-order valence-corrected chi connectivity index (χ1v) is 12.4. The Balaban J connectivity index is 2.86. The molecule has 0 aliphatic carbocycles. The molecule has 1 rings (SSSR count). The monoisotopic (exact) mass is 561 g/mol. The van der Waals surface area contributed by atoms with Crippen LogP contribution in [0.4, 0.5) is 4.79 Å². The fourth-order valence-electron chi connectivity index (χ4n) is 3.61. The van der Waals surface area contributed by atoms with Crippen LogP contribution in [0, 0.1) is 5.92 Å². The Bertz CT molecular complexity index is 888. The quantitative estimate of drug-likeness (QED) is 0.150. The second-order valence-corrected chi connectivity index (χ2v) is 9.77. The van der Waals surface area contributed by atoms with E-state index in [9.17, 15) is 28.8 Å². The summed E-state index contributed by atoms with van der Waals surface area (Å²) in [6.45, 7) is 8.13. The third-order valence-corrected chi connectivity index (χ3v) is 4.99. The van der Waals surface area contributed by atoms with Crippen LogP contribution in [0.3, 0.4) is 0 Å². The summed E-state index contributed by atoms with van der Waals surface area (Å²) in [6, 6.07) is 0. The van der Waals surface area contributed by atoms with Gasteiger partial charge in [0.1, 0.15) is 31.0 Å². The highest BCUT2D eigenvalue weighted by atomic mass is 16.7. The molecule has 1 saturated heterocycles. The van der Waals surface area contributed by atoms with Crippen molar-refractivity contribution >= 4 is 35.8 Å². The largest absolute Gasteiger partial charge is 0.463 e. The van der Waals surface area contributed by atoms with Gasteiger partial charge in [0, 0.05) is 40.3 Å². The van der Waals surface area contributed by atoms with Gasteiger partial charge in [-0.1, -0.05) is 0 Å². The molecular formula is C24H39N3O12. The summed E-state index contributed by atoms with van der Waals surface area (Å²) >= 11 is 0. The number of amides is 3. The number of carbonyl (C=O) groups is 6. The molecule has 1 fully saturated rings. The predicted molar refractivity (Wildman–Crippen MR) is 132 cm³/mol. The zero-order valence-electron chi connectivity index (χ0n) is 23.1. The first kappa shape index (κ1) is 33.6. The summed E-state index contributed by atoms with van der Waals surface area (Å²) in [7, 11) is 0. The van der Waals surface area contributed by atoms with Gasteiger partial charge in [0.05, 0.1) is 5.92 Å². The van der Waals surface area contributed by atoms with Gasteiger partial charge in [-0.05, 0) is 27.2 Å². The average Bonchev–Trinajstić information content (AvgIpc) is 2.77. The van der Waals surface area contributed by atoms with Crippen molar-refractivity contribution in [1.82, 2.24) is 10.6 Å². The van der Waals surface area contributed by atoms with E-state index < -0.39 is 91.6 Å². The Morgan fingerprint density at radius 1 is 0.872 bits per heavy atom. The second kappa shape index (κ2) is 15.8. The molecule has 0 bridgehead atoms. The Morgan fingerprint density at radius 2 is 1.46 bits per heavy atom. The van der Waals surface area contributed by atoms with Gasteiger partial charge in [-0.25, -0.2) is 4.79 Å². The lowest BCUT2D eigenvalue weighted by molar-refractivity contribution is -0.290. The summed E-state index contributed by atoms with van der Waals surface area (Å²) in [5.74, 6) is -4.55. The molecule has 0 aromatic heterocycles. The minimum atomic E-state index is -1.33. The zero-order chi connectivity index (χ0) is 29.8. The number of hydrogen-bond acceptors (Lipinski definition) is 12. The van der Waals surface area contributed by atoms with Crippen LogP contribution in [0.2, 0.25) is 0 Å². The molecule has 5 atom stereocenters. The Hall–Kier alpha value is -3.46. The molecule has 1 heterocycles. The molecule has 1 aliphatic heterocycles.